The van der Waals surface area contributed by atoms with Gasteiger partial charge in [-0.3, -0.25) is 9.69 Å². The molecule has 1 aromatic rings. The van der Waals surface area contributed by atoms with Crippen molar-refractivity contribution in [3.8, 4) is 0 Å². The standard InChI is InChI=1S/C14H21NO3/c1-9(2)15(8-14(16)17)7-11-4-5-13(18-11)12-6-10(12)3/h4-5,9-10,12H,6-8H2,1-3H3,(H,16,17). The second-order valence-corrected chi connectivity index (χ2v) is 5.52. The Hall–Kier alpha value is -1.29. The number of carboxylic acid groups (broad SMARTS) is 1. The van der Waals surface area contributed by atoms with Crippen LogP contribution in [0.1, 0.15) is 44.6 Å². The first-order valence-corrected chi connectivity index (χ1v) is 6.51. The quantitative estimate of drug-likeness (QED) is 0.844. The number of hydrogen-bond donors (Lipinski definition) is 1. The summed E-state index contributed by atoms with van der Waals surface area (Å²) in [5.74, 6) is 2.41. The van der Waals surface area contributed by atoms with E-state index in [4.69, 9.17) is 9.52 Å². The largest absolute Gasteiger partial charge is 0.480 e. The molecule has 1 aliphatic carbocycles. The molecule has 0 radical (unpaired) electrons. The summed E-state index contributed by atoms with van der Waals surface area (Å²) in [5.41, 5.74) is 0. The second kappa shape index (κ2) is 5.14. The van der Waals surface area contributed by atoms with Crippen molar-refractivity contribution < 1.29 is 14.3 Å². The van der Waals surface area contributed by atoms with Crippen LogP contribution in [0.3, 0.4) is 0 Å². The molecule has 1 heterocycles. The Morgan fingerprint density at radius 1 is 1.56 bits per heavy atom. The molecule has 0 saturated heterocycles. The summed E-state index contributed by atoms with van der Waals surface area (Å²) >= 11 is 0. The van der Waals surface area contributed by atoms with Crippen molar-refractivity contribution in [3.63, 3.8) is 0 Å². The molecule has 1 aromatic heterocycles. The van der Waals surface area contributed by atoms with Crippen LogP contribution in [0.4, 0.5) is 0 Å². The van der Waals surface area contributed by atoms with Gasteiger partial charge in [-0.25, -0.2) is 0 Å². The first-order chi connectivity index (χ1) is 8.47. The number of carbonyl (C=O) groups is 1. The molecule has 0 aromatic carbocycles. The third-order valence-corrected chi connectivity index (χ3v) is 3.58. The molecule has 1 fully saturated rings. The second-order valence-electron chi connectivity index (χ2n) is 5.52. The van der Waals surface area contributed by atoms with E-state index in [0.717, 1.165) is 17.4 Å². The number of rotatable bonds is 6. The van der Waals surface area contributed by atoms with E-state index in [-0.39, 0.29) is 12.6 Å². The molecule has 0 amide bonds. The van der Waals surface area contributed by atoms with Gasteiger partial charge in [0.2, 0.25) is 0 Å². The Morgan fingerprint density at radius 2 is 2.22 bits per heavy atom. The molecule has 1 N–H and O–H groups in total. The third-order valence-electron chi connectivity index (χ3n) is 3.58. The number of nitrogens with zero attached hydrogens (tertiary/aromatic N) is 1. The zero-order valence-corrected chi connectivity index (χ0v) is 11.2. The molecule has 1 aliphatic rings. The Kier molecular flexibility index (Phi) is 3.76. The Balaban J connectivity index is 1.98. The molecule has 4 heteroatoms. The van der Waals surface area contributed by atoms with Crippen LogP contribution in [-0.4, -0.2) is 28.6 Å². The summed E-state index contributed by atoms with van der Waals surface area (Å²) in [6, 6.07) is 4.19. The predicted molar refractivity (Wildman–Crippen MR) is 68.4 cm³/mol. The maximum Gasteiger partial charge on any atom is 0.317 e. The fraction of sp³-hybridized carbons (Fsp3) is 0.643. The van der Waals surface area contributed by atoms with Crippen molar-refractivity contribution in [2.45, 2.75) is 45.7 Å². The van der Waals surface area contributed by atoms with Crippen LogP contribution in [0.25, 0.3) is 0 Å². The van der Waals surface area contributed by atoms with Crippen LogP contribution >= 0.6 is 0 Å². The topological polar surface area (TPSA) is 53.7 Å². The first-order valence-electron chi connectivity index (χ1n) is 6.51. The first kappa shape index (κ1) is 13.1. The van der Waals surface area contributed by atoms with E-state index in [0.29, 0.717) is 12.5 Å². The van der Waals surface area contributed by atoms with Crippen molar-refractivity contribution >= 4 is 5.97 Å². The number of hydrogen-bond acceptors (Lipinski definition) is 3. The van der Waals surface area contributed by atoms with Crippen molar-refractivity contribution in [1.29, 1.82) is 0 Å². The smallest absolute Gasteiger partial charge is 0.317 e. The molecule has 0 aliphatic heterocycles. The molecular weight excluding hydrogens is 230 g/mol. The van der Waals surface area contributed by atoms with Gasteiger partial charge in [-0.1, -0.05) is 6.92 Å². The van der Waals surface area contributed by atoms with Crippen LogP contribution in [0.2, 0.25) is 0 Å². The van der Waals surface area contributed by atoms with E-state index in [9.17, 15) is 4.79 Å². The summed E-state index contributed by atoms with van der Waals surface area (Å²) in [4.78, 5) is 12.7. The van der Waals surface area contributed by atoms with E-state index in [1.54, 1.807) is 0 Å². The summed E-state index contributed by atoms with van der Waals surface area (Å²) in [6.07, 6.45) is 1.20. The van der Waals surface area contributed by atoms with Gasteiger partial charge in [0.25, 0.3) is 0 Å². The van der Waals surface area contributed by atoms with Crippen LogP contribution in [0, 0.1) is 5.92 Å². The average molecular weight is 251 g/mol. The van der Waals surface area contributed by atoms with Gasteiger partial charge in [0.1, 0.15) is 11.5 Å². The zero-order valence-electron chi connectivity index (χ0n) is 11.2. The molecule has 2 atom stereocenters. The SMILES string of the molecule is CC1CC1c1ccc(CN(CC(=O)O)C(C)C)o1. The van der Waals surface area contributed by atoms with E-state index in [1.165, 1.54) is 6.42 Å². The van der Waals surface area contributed by atoms with Gasteiger partial charge in [0, 0.05) is 12.0 Å². The minimum Gasteiger partial charge on any atom is -0.480 e. The fourth-order valence-electron chi connectivity index (χ4n) is 2.19. The fourth-order valence-corrected chi connectivity index (χ4v) is 2.19. The van der Waals surface area contributed by atoms with E-state index >= 15 is 0 Å². The van der Waals surface area contributed by atoms with Crippen LogP contribution in [0.5, 0.6) is 0 Å². The Morgan fingerprint density at radius 3 is 2.72 bits per heavy atom. The van der Waals surface area contributed by atoms with Crippen LogP contribution < -0.4 is 0 Å². The molecule has 100 valence electrons. The van der Waals surface area contributed by atoms with Gasteiger partial charge < -0.3 is 9.52 Å². The van der Waals surface area contributed by atoms with Gasteiger partial charge in [-0.05, 0) is 38.3 Å². The minimum absolute atomic E-state index is 0.0491. The van der Waals surface area contributed by atoms with Gasteiger partial charge in [-0.15, -0.1) is 0 Å². The predicted octanol–water partition coefficient (Wildman–Crippen LogP) is 2.70. The lowest BCUT2D eigenvalue weighted by molar-refractivity contribution is -0.139. The maximum absolute atomic E-state index is 10.8. The van der Waals surface area contributed by atoms with Gasteiger partial charge >= 0.3 is 5.97 Å². The molecule has 18 heavy (non-hydrogen) atoms. The van der Waals surface area contributed by atoms with E-state index in [1.807, 2.05) is 30.9 Å². The van der Waals surface area contributed by atoms with Crippen LogP contribution in [0.15, 0.2) is 16.5 Å². The lowest BCUT2D eigenvalue weighted by Gasteiger charge is -2.23. The third kappa shape index (κ3) is 3.13. The summed E-state index contributed by atoms with van der Waals surface area (Å²) < 4.78 is 5.81. The molecule has 2 unspecified atom stereocenters. The minimum atomic E-state index is -0.800. The zero-order chi connectivity index (χ0) is 13.3. The highest BCUT2D eigenvalue weighted by atomic mass is 16.4. The highest BCUT2D eigenvalue weighted by Gasteiger charge is 2.36. The molecular formula is C14H21NO3. The Bertz CT molecular complexity index is 424. The highest BCUT2D eigenvalue weighted by molar-refractivity contribution is 5.69. The molecule has 4 nitrogen and oxygen atoms in total. The highest BCUT2D eigenvalue weighted by Crippen LogP contribution is 2.47. The van der Waals surface area contributed by atoms with Gasteiger partial charge in [-0.2, -0.15) is 0 Å². The van der Waals surface area contributed by atoms with Crippen LogP contribution in [-0.2, 0) is 11.3 Å². The van der Waals surface area contributed by atoms with Crippen molar-refractivity contribution in [2.24, 2.45) is 5.92 Å². The van der Waals surface area contributed by atoms with Gasteiger partial charge in [0.15, 0.2) is 0 Å². The number of aliphatic carboxylic acids is 1. The lowest BCUT2D eigenvalue weighted by Crippen LogP contribution is -2.34. The normalized spacial score (nSPS) is 22.7. The van der Waals surface area contributed by atoms with E-state index in [2.05, 4.69) is 6.92 Å². The number of furan rings is 1. The molecule has 0 bridgehead atoms. The average Bonchev–Trinajstić information content (AvgIpc) is 2.83. The van der Waals surface area contributed by atoms with Gasteiger partial charge in [0.05, 0.1) is 13.1 Å². The molecule has 1 saturated carbocycles. The molecule has 2 rings (SSSR count). The van der Waals surface area contributed by atoms with Crippen molar-refractivity contribution in [2.75, 3.05) is 6.54 Å². The molecule has 0 spiro atoms. The lowest BCUT2D eigenvalue weighted by atomic mass is 10.2. The monoisotopic (exact) mass is 251 g/mol. The number of carboxylic acids is 1. The Labute approximate surface area is 108 Å². The summed E-state index contributed by atoms with van der Waals surface area (Å²) in [5, 5.41) is 8.88. The van der Waals surface area contributed by atoms with E-state index < -0.39 is 5.97 Å². The maximum atomic E-state index is 10.8. The van der Waals surface area contributed by atoms with Crippen molar-refractivity contribution in [1.82, 2.24) is 4.90 Å². The van der Waals surface area contributed by atoms with Crippen molar-refractivity contribution in [3.05, 3.63) is 23.7 Å². The summed E-state index contributed by atoms with van der Waals surface area (Å²) in [7, 11) is 0. The summed E-state index contributed by atoms with van der Waals surface area (Å²) in [6.45, 7) is 6.82.